The number of fused-ring (bicyclic) bond motifs is 2. The predicted molar refractivity (Wildman–Crippen MR) is 82.8 cm³/mol. The molecule has 5 nitrogen and oxygen atoms in total. The van der Waals surface area contributed by atoms with E-state index in [0.717, 1.165) is 11.3 Å². The number of benzene rings is 1. The minimum Gasteiger partial charge on any atom is -0.388 e. The largest absolute Gasteiger partial charge is 0.388 e. The maximum atomic E-state index is 10.4. The molecule has 2 aliphatic heterocycles. The second-order valence-corrected chi connectivity index (χ2v) is 6.80. The summed E-state index contributed by atoms with van der Waals surface area (Å²) in [5.74, 6) is 0. The van der Waals surface area contributed by atoms with Gasteiger partial charge in [0.25, 0.3) is 0 Å². The maximum absolute atomic E-state index is 10.4. The zero-order valence-corrected chi connectivity index (χ0v) is 13.2. The van der Waals surface area contributed by atoms with Gasteiger partial charge in [0.05, 0.1) is 22.7 Å². The third kappa shape index (κ3) is 1.95. The van der Waals surface area contributed by atoms with Crippen molar-refractivity contribution in [3.8, 4) is 6.07 Å². The molecular formula is C16H19ClN2O3. The van der Waals surface area contributed by atoms with Crippen molar-refractivity contribution in [1.82, 2.24) is 0 Å². The Hall–Kier alpha value is -1.32. The lowest BCUT2D eigenvalue weighted by atomic mass is 9.82. The van der Waals surface area contributed by atoms with Gasteiger partial charge in [0.2, 0.25) is 0 Å². The van der Waals surface area contributed by atoms with E-state index in [1.807, 2.05) is 17.9 Å². The maximum Gasteiger partial charge on any atom is 0.117 e. The van der Waals surface area contributed by atoms with Crippen molar-refractivity contribution in [3.63, 3.8) is 0 Å². The number of hydrogen-bond donors (Lipinski definition) is 3. The lowest BCUT2D eigenvalue weighted by molar-refractivity contribution is -0.157. The van der Waals surface area contributed by atoms with Gasteiger partial charge in [-0.2, -0.15) is 5.26 Å². The van der Waals surface area contributed by atoms with Gasteiger partial charge in [-0.15, -0.1) is 0 Å². The molecule has 3 unspecified atom stereocenters. The standard InChI is InChI=1S/C16H19ClN2O3/c1-8-10(4-3-9(7-18)13(8)17)19-11-5-6-12(19)15(21)16(2,22)14(11)20/h3-4,11-12,14-15,20-22H,5-6H2,1-2H3/t11-,12+,14?,15?,16?. The molecule has 2 aliphatic rings. The van der Waals surface area contributed by atoms with Crippen molar-refractivity contribution in [3.05, 3.63) is 28.3 Å². The smallest absolute Gasteiger partial charge is 0.117 e. The second kappa shape index (κ2) is 5.10. The lowest BCUT2D eigenvalue weighted by Gasteiger charge is -2.50. The molecule has 0 radical (unpaired) electrons. The Morgan fingerprint density at radius 1 is 1.27 bits per heavy atom. The minimum atomic E-state index is -1.52. The molecule has 2 bridgehead atoms. The Balaban J connectivity index is 2.08. The van der Waals surface area contributed by atoms with E-state index in [1.54, 1.807) is 12.1 Å². The first-order valence-electron chi connectivity index (χ1n) is 7.36. The van der Waals surface area contributed by atoms with Crippen molar-refractivity contribution >= 4 is 17.3 Å². The molecule has 118 valence electrons. The van der Waals surface area contributed by atoms with Gasteiger partial charge in [-0.1, -0.05) is 11.6 Å². The van der Waals surface area contributed by atoms with E-state index in [0.29, 0.717) is 23.4 Å². The molecular weight excluding hydrogens is 304 g/mol. The summed E-state index contributed by atoms with van der Waals surface area (Å²) < 4.78 is 0. The first-order valence-corrected chi connectivity index (χ1v) is 7.74. The van der Waals surface area contributed by atoms with Crippen LogP contribution in [0.1, 0.15) is 30.9 Å². The molecule has 2 fully saturated rings. The van der Waals surface area contributed by atoms with Crippen molar-refractivity contribution in [1.29, 1.82) is 5.26 Å². The van der Waals surface area contributed by atoms with Gasteiger partial charge in [0.1, 0.15) is 23.9 Å². The molecule has 22 heavy (non-hydrogen) atoms. The number of nitriles is 1. The van der Waals surface area contributed by atoms with E-state index in [9.17, 15) is 15.3 Å². The fraction of sp³-hybridized carbons (Fsp3) is 0.562. The van der Waals surface area contributed by atoms with Crippen LogP contribution < -0.4 is 4.90 Å². The number of hydrogen-bond acceptors (Lipinski definition) is 5. The van der Waals surface area contributed by atoms with Gasteiger partial charge in [-0.25, -0.2) is 0 Å². The highest BCUT2D eigenvalue weighted by Gasteiger charge is 2.57. The summed E-state index contributed by atoms with van der Waals surface area (Å²) in [6, 6.07) is 4.95. The van der Waals surface area contributed by atoms with E-state index < -0.39 is 17.8 Å². The Morgan fingerprint density at radius 2 is 1.82 bits per heavy atom. The SMILES string of the molecule is Cc1c(N2[C@@H]3CC[C@H]2C(O)C(C)(O)C3O)ccc(C#N)c1Cl. The monoisotopic (exact) mass is 322 g/mol. The molecule has 0 saturated carbocycles. The number of halogens is 1. The highest BCUT2D eigenvalue weighted by Crippen LogP contribution is 2.45. The average molecular weight is 323 g/mol. The molecule has 0 aliphatic carbocycles. The van der Waals surface area contributed by atoms with Crippen LogP contribution in [0, 0.1) is 18.3 Å². The van der Waals surface area contributed by atoms with Gasteiger partial charge in [-0.05, 0) is 44.4 Å². The molecule has 0 spiro atoms. The fourth-order valence-corrected chi connectivity index (χ4v) is 4.04. The molecule has 0 aromatic heterocycles. The quantitative estimate of drug-likeness (QED) is 0.726. The van der Waals surface area contributed by atoms with E-state index in [1.165, 1.54) is 6.92 Å². The van der Waals surface area contributed by atoms with Crippen molar-refractivity contribution in [2.45, 2.75) is 56.6 Å². The van der Waals surface area contributed by atoms with Crippen LogP contribution in [0.15, 0.2) is 12.1 Å². The fourth-order valence-electron chi connectivity index (χ4n) is 3.84. The van der Waals surface area contributed by atoms with Gasteiger partial charge in [0, 0.05) is 5.69 Å². The molecule has 6 heteroatoms. The third-order valence-electron chi connectivity index (χ3n) is 5.16. The van der Waals surface area contributed by atoms with Crippen LogP contribution in [0.25, 0.3) is 0 Å². The Kier molecular flexibility index (Phi) is 3.61. The van der Waals surface area contributed by atoms with E-state index in [2.05, 4.69) is 0 Å². The minimum absolute atomic E-state index is 0.272. The second-order valence-electron chi connectivity index (χ2n) is 6.42. The van der Waals surface area contributed by atoms with Crippen LogP contribution in [0.2, 0.25) is 5.02 Å². The first kappa shape index (κ1) is 15.6. The highest BCUT2D eigenvalue weighted by atomic mass is 35.5. The van der Waals surface area contributed by atoms with Gasteiger partial charge in [-0.3, -0.25) is 0 Å². The van der Waals surface area contributed by atoms with Gasteiger partial charge in [0.15, 0.2) is 0 Å². The highest BCUT2D eigenvalue weighted by molar-refractivity contribution is 6.32. The molecule has 2 saturated heterocycles. The van der Waals surface area contributed by atoms with Gasteiger partial charge < -0.3 is 20.2 Å². The van der Waals surface area contributed by atoms with Gasteiger partial charge >= 0.3 is 0 Å². The number of nitrogens with zero attached hydrogens (tertiary/aromatic N) is 2. The van der Waals surface area contributed by atoms with Crippen molar-refractivity contribution in [2.75, 3.05) is 4.90 Å². The summed E-state index contributed by atoms with van der Waals surface area (Å²) in [5, 5.41) is 40.7. The number of aliphatic hydroxyl groups excluding tert-OH is 2. The summed E-state index contributed by atoms with van der Waals surface area (Å²) >= 11 is 6.24. The average Bonchev–Trinajstić information content (AvgIpc) is 2.88. The number of anilines is 1. The van der Waals surface area contributed by atoms with Crippen LogP contribution in [-0.2, 0) is 0 Å². The Bertz CT molecular complexity index is 636. The molecule has 1 aromatic carbocycles. The van der Waals surface area contributed by atoms with Crippen LogP contribution in [-0.4, -0.2) is 45.2 Å². The molecule has 3 rings (SSSR count). The van der Waals surface area contributed by atoms with Crippen LogP contribution >= 0.6 is 11.6 Å². The zero-order valence-electron chi connectivity index (χ0n) is 12.5. The summed E-state index contributed by atoms with van der Waals surface area (Å²) in [4.78, 5) is 1.95. The lowest BCUT2D eigenvalue weighted by Crippen LogP contribution is -2.68. The Labute approximate surface area is 134 Å². The van der Waals surface area contributed by atoms with E-state index in [-0.39, 0.29) is 12.1 Å². The van der Waals surface area contributed by atoms with Crippen LogP contribution in [0.4, 0.5) is 5.69 Å². The molecule has 0 amide bonds. The van der Waals surface area contributed by atoms with E-state index >= 15 is 0 Å². The zero-order chi connectivity index (χ0) is 16.2. The van der Waals surface area contributed by atoms with Crippen LogP contribution in [0.3, 0.4) is 0 Å². The number of piperidine rings is 1. The molecule has 5 atom stereocenters. The van der Waals surface area contributed by atoms with Crippen molar-refractivity contribution < 1.29 is 15.3 Å². The summed E-state index contributed by atoms with van der Waals surface area (Å²) in [5.41, 5.74) is 0.427. The predicted octanol–water partition coefficient (Wildman–Crippen LogP) is 1.34. The summed E-state index contributed by atoms with van der Waals surface area (Å²) in [7, 11) is 0. The Morgan fingerprint density at radius 3 is 2.32 bits per heavy atom. The van der Waals surface area contributed by atoms with E-state index in [4.69, 9.17) is 16.9 Å². The summed E-state index contributed by atoms with van der Waals surface area (Å²) in [6.07, 6.45) is -0.711. The van der Waals surface area contributed by atoms with Crippen LogP contribution in [0.5, 0.6) is 0 Å². The third-order valence-corrected chi connectivity index (χ3v) is 5.64. The molecule has 2 heterocycles. The normalized spacial score (nSPS) is 37.2. The number of rotatable bonds is 1. The first-order chi connectivity index (χ1) is 10.3. The van der Waals surface area contributed by atoms with Crippen molar-refractivity contribution in [2.24, 2.45) is 0 Å². The number of aliphatic hydroxyl groups is 3. The molecule has 1 aromatic rings. The topological polar surface area (TPSA) is 87.7 Å². The summed E-state index contributed by atoms with van der Waals surface area (Å²) in [6.45, 7) is 3.30. The molecule has 3 N–H and O–H groups in total.